The standard InChI is InChI=1S/C14H10N4O4S2/c19-11(12(20)13-15-17-18-16-13)8-9-6-7-23-14(9)24(21,22)10-4-2-1-3-5-10/h1-7H,8H2,(H,15,16,17,18). The van der Waals surface area contributed by atoms with Crippen molar-refractivity contribution in [2.24, 2.45) is 0 Å². The van der Waals surface area contributed by atoms with E-state index >= 15 is 0 Å². The van der Waals surface area contributed by atoms with E-state index < -0.39 is 21.4 Å². The Morgan fingerprint density at radius 3 is 2.54 bits per heavy atom. The van der Waals surface area contributed by atoms with E-state index in [1.807, 2.05) is 0 Å². The summed E-state index contributed by atoms with van der Waals surface area (Å²) in [6, 6.07) is 9.41. The van der Waals surface area contributed by atoms with Crippen molar-refractivity contribution in [2.75, 3.05) is 0 Å². The molecule has 0 aliphatic carbocycles. The molecule has 0 aliphatic rings. The van der Waals surface area contributed by atoms with E-state index in [0.717, 1.165) is 11.3 Å². The largest absolute Gasteiger partial charge is 0.290 e. The van der Waals surface area contributed by atoms with Crippen LogP contribution in [0.15, 0.2) is 50.9 Å². The average Bonchev–Trinajstić information content (AvgIpc) is 3.26. The average molecular weight is 362 g/mol. The number of tetrazole rings is 1. The number of nitrogens with one attached hydrogen (secondary N) is 1. The molecular weight excluding hydrogens is 352 g/mol. The van der Waals surface area contributed by atoms with Gasteiger partial charge in [-0.05, 0) is 34.4 Å². The molecule has 0 spiro atoms. The summed E-state index contributed by atoms with van der Waals surface area (Å²) in [5, 5.41) is 13.8. The van der Waals surface area contributed by atoms with Crippen LogP contribution in [0.25, 0.3) is 0 Å². The Balaban J connectivity index is 1.89. The van der Waals surface area contributed by atoms with Crippen molar-refractivity contribution in [3.8, 4) is 0 Å². The van der Waals surface area contributed by atoms with Crippen LogP contribution in [0.3, 0.4) is 0 Å². The van der Waals surface area contributed by atoms with Gasteiger partial charge in [-0.2, -0.15) is 5.21 Å². The summed E-state index contributed by atoms with van der Waals surface area (Å²) in [5.41, 5.74) is 0.269. The fraction of sp³-hybridized carbons (Fsp3) is 0.0714. The van der Waals surface area contributed by atoms with Gasteiger partial charge < -0.3 is 0 Å². The molecule has 0 aliphatic heterocycles. The van der Waals surface area contributed by atoms with Crippen LogP contribution in [0.5, 0.6) is 0 Å². The minimum absolute atomic E-state index is 0.0444. The molecule has 2 heterocycles. The van der Waals surface area contributed by atoms with E-state index in [9.17, 15) is 18.0 Å². The number of Topliss-reactive ketones (excluding diaryl/α,β-unsaturated/α-hetero) is 2. The Hall–Kier alpha value is -2.72. The zero-order valence-electron chi connectivity index (χ0n) is 12.0. The van der Waals surface area contributed by atoms with Gasteiger partial charge in [0.2, 0.25) is 21.4 Å². The second-order valence-electron chi connectivity index (χ2n) is 4.71. The number of aromatic amines is 1. The third-order valence-electron chi connectivity index (χ3n) is 3.16. The maximum Gasteiger partial charge on any atom is 0.269 e. The van der Waals surface area contributed by atoms with Crippen molar-refractivity contribution < 1.29 is 18.0 Å². The lowest BCUT2D eigenvalue weighted by Gasteiger charge is -2.05. The molecular formula is C14H10N4O4S2. The van der Waals surface area contributed by atoms with Gasteiger partial charge in [0.1, 0.15) is 4.21 Å². The predicted molar refractivity (Wildman–Crippen MR) is 83.4 cm³/mol. The number of nitrogens with zero attached hydrogens (tertiary/aromatic N) is 3. The number of hydrogen-bond donors (Lipinski definition) is 1. The lowest BCUT2D eigenvalue weighted by Crippen LogP contribution is -2.19. The van der Waals surface area contributed by atoms with Crippen molar-refractivity contribution in [1.82, 2.24) is 20.6 Å². The molecule has 0 saturated heterocycles. The van der Waals surface area contributed by atoms with Gasteiger partial charge in [-0.3, -0.25) is 9.59 Å². The molecule has 0 radical (unpaired) electrons. The van der Waals surface area contributed by atoms with Crippen LogP contribution in [0.4, 0.5) is 0 Å². The van der Waals surface area contributed by atoms with Crippen LogP contribution in [-0.4, -0.2) is 40.6 Å². The molecule has 0 saturated carbocycles. The van der Waals surface area contributed by atoms with Gasteiger partial charge >= 0.3 is 0 Å². The minimum Gasteiger partial charge on any atom is -0.290 e. The number of hydrogen-bond acceptors (Lipinski definition) is 8. The Morgan fingerprint density at radius 1 is 1.12 bits per heavy atom. The summed E-state index contributed by atoms with van der Waals surface area (Å²) in [6.07, 6.45) is -0.349. The first-order valence-corrected chi connectivity index (χ1v) is 9.04. The molecule has 2 aromatic heterocycles. The number of ketones is 2. The molecule has 0 atom stereocenters. The lowest BCUT2D eigenvalue weighted by atomic mass is 10.1. The van der Waals surface area contributed by atoms with Crippen LogP contribution >= 0.6 is 11.3 Å². The highest BCUT2D eigenvalue weighted by atomic mass is 32.2. The van der Waals surface area contributed by atoms with E-state index in [-0.39, 0.29) is 26.9 Å². The Bertz CT molecular complexity index is 979. The zero-order valence-corrected chi connectivity index (χ0v) is 13.7. The Morgan fingerprint density at radius 2 is 1.88 bits per heavy atom. The fourth-order valence-electron chi connectivity index (χ4n) is 2.03. The van der Waals surface area contributed by atoms with Crippen LogP contribution in [0.1, 0.15) is 16.2 Å². The van der Waals surface area contributed by atoms with Gasteiger partial charge in [0.25, 0.3) is 5.78 Å². The molecule has 24 heavy (non-hydrogen) atoms. The highest BCUT2D eigenvalue weighted by molar-refractivity contribution is 7.93. The number of thiophene rings is 1. The Kier molecular flexibility index (Phi) is 4.32. The second kappa shape index (κ2) is 6.42. The SMILES string of the molecule is O=C(Cc1ccsc1S(=O)(=O)c1ccccc1)C(=O)c1nn[nH]n1. The quantitative estimate of drug-likeness (QED) is 0.514. The number of benzene rings is 1. The molecule has 8 nitrogen and oxygen atoms in total. The fourth-order valence-corrected chi connectivity index (χ4v) is 4.86. The summed E-state index contributed by atoms with van der Waals surface area (Å²) < 4.78 is 25.4. The summed E-state index contributed by atoms with van der Waals surface area (Å²) >= 11 is 1.00. The van der Waals surface area contributed by atoms with Crippen LogP contribution in [-0.2, 0) is 21.1 Å². The van der Waals surface area contributed by atoms with Crippen molar-refractivity contribution in [1.29, 1.82) is 0 Å². The second-order valence-corrected chi connectivity index (χ2v) is 7.78. The number of aromatic nitrogens is 4. The predicted octanol–water partition coefficient (Wildman–Crippen LogP) is 1.09. The molecule has 1 N–H and O–H groups in total. The summed E-state index contributed by atoms with van der Waals surface area (Å²) in [7, 11) is -3.75. The van der Waals surface area contributed by atoms with E-state index in [1.54, 1.807) is 23.6 Å². The molecule has 0 amide bonds. The highest BCUT2D eigenvalue weighted by Crippen LogP contribution is 2.29. The van der Waals surface area contributed by atoms with E-state index in [2.05, 4.69) is 20.6 Å². The molecule has 3 rings (SSSR count). The first kappa shape index (κ1) is 16.1. The number of sulfone groups is 1. The van der Waals surface area contributed by atoms with Crippen LogP contribution in [0.2, 0.25) is 0 Å². The van der Waals surface area contributed by atoms with E-state index in [1.165, 1.54) is 18.2 Å². The van der Waals surface area contributed by atoms with Crippen molar-refractivity contribution in [2.45, 2.75) is 15.5 Å². The molecule has 1 aromatic carbocycles. The van der Waals surface area contributed by atoms with Crippen molar-refractivity contribution in [3.63, 3.8) is 0 Å². The number of carbonyl (C=O) groups excluding carboxylic acids is 2. The highest BCUT2D eigenvalue weighted by Gasteiger charge is 2.27. The van der Waals surface area contributed by atoms with Gasteiger partial charge in [-0.1, -0.05) is 18.2 Å². The lowest BCUT2D eigenvalue weighted by molar-refractivity contribution is -0.114. The van der Waals surface area contributed by atoms with Crippen LogP contribution in [0, 0.1) is 0 Å². The zero-order chi connectivity index (χ0) is 17.2. The molecule has 0 fully saturated rings. The van der Waals surface area contributed by atoms with Gasteiger partial charge in [0.15, 0.2) is 0 Å². The first-order chi connectivity index (χ1) is 11.5. The summed E-state index contributed by atoms with van der Waals surface area (Å²) in [5.74, 6) is -2.07. The number of rotatable bonds is 6. The van der Waals surface area contributed by atoms with E-state index in [0.29, 0.717) is 0 Å². The summed E-state index contributed by atoms with van der Waals surface area (Å²) in [6.45, 7) is 0. The molecule has 0 bridgehead atoms. The third-order valence-corrected chi connectivity index (χ3v) is 6.50. The normalized spacial score (nSPS) is 11.3. The molecule has 122 valence electrons. The minimum atomic E-state index is -3.75. The van der Waals surface area contributed by atoms with Gasteiger partial charge in [-0.15, -0.1) is 21.5 Å². The van der Waals surface area contributed by atoms with Crippen molar-refractivity contribution >= 4 is 32.7 Å². The van der Waals surface area contributed by atoms with Gasteiger partial charge in [0.05, 0.1) is 4.90 Å². The maximum atomic E-state index is 12.7. The maximum absolute atomic E-state index is 12.7. The number of H-pyrrole nitrogens is 1. The van der Waals surface area contributed by atoms with Gasteiger partial charge in [0, 0.05) is 6.42 Å². The Labute approximate surface area is 140 Å². The first-order valence-electron chi connectivity index (χ1n) is 6.67. The van der Waals surface area contributed by atoms with Gasteiger partial charge in [-0.25, -0.2) is 8.42 Å². The molecule has 3 aromatic rings. The molecule has 10 heteroatoms. The topological polar surface area (TPSA) is 123 Å². The van der Waals surface area contributed by atoms with Crippen molar-refractivity contribution in [3.05, 3.63) is 53.2 Å². The summed E-state index contributed by atoms with van der Waals surface area (Å²) in [4.78, 5) is 24.1. The smallest absolute Gasteiger partial charge is 0.269 e. The molecule has 0 unspecified atom stereocenters. The number of carbonyl (C=O) groups is 2. The third kappa shape index (κ3) is 3.01. The van der Waals surface area contributed by atoms with E-state index in [4.69, 9.17) is 0 Å². The van der Waals surface area contributed by atoms with Crippen LogP contribution < -0.4 is 0 Å². The monoisotopic (exact) mass is 362 g/mol.